The molecule has 1 saturated heterocycles. The molecule has 1 aliphatic heterocycles. The van der Waals surface area contributed by atoms with Crippen LogP contribution in [0.1, 0.15) is 60.1 Å². The summed E-state index contributed by atoms with van der Waals surface area (Å²) in [6.45, 7) is 3.34. The predicted octanol–water partition coefficient (Wildman–Crippen LogP) is 6.51. The van der Waals surface area contributed by atoms with E-state index in [0.29, 0.717) is 25.2 Å². The zero-order chi connectivity index (χ0) is 25.3. The summed E-state index contributed by atoms with van der Waals surface area (Å²) in [6.07, 6.45) is 2.82. The number of rotatable bonds is 12. The topological polar surface area (TPSA) is 49.9 Å². The Morgan fingerprint density at radius 2 is 1.50 bits per heavy atom. The van der Waals surface area contributed by atoms with Crippen molar-refractivity contribution in [2.75, 3.05) is 13.7 Å². The summed E-state index contributed by atoms with van der Waals surface area (Å²) in [4.78, 5) is 30.5. The number of likely N-dealkylation sites (N-methyl/N-ethyl adjacent to an activating group) is 1. The van der Waals surface area contributed by atoms with Crippen LogP contribution in [0, 0.1) is 0 Å². The Kier molecular flexibility index (Phi) is 8.90. The van der Waals surface area contributed by atoms with Gasteiger partial charge in [0.25, 0.3) is 0 Å². The van der Waals surface area contributed by atoms with Crippen molar-refractivity contribution in [1.82, 2.24) is 9.80 Å². The van der Waals surface area contributed by atoms with E-state index in [1.807, 2.05) is 78.7 Å². The van der Waals surface area contributed by atoms with Crippen molar-refractivity contribution in [1.29, 1.82) is 0 Å². The van der Waals surface area contributed by atoms with E-state index in [2.05, 4.69) is 31.2 Å². The van der Waals surface area contributed by atoms with Crippen molar-refractivity contribution in [3.63, 3.8) is 0 Å². The van der Waals surface area contributed by atoms with Crippen LogP contribution in [0.3, 0.4) is 0 Å². The van der Waals surface area contributed by atoms with Gasteiger partial charge in [-0.3, -0.25) is 4.79 Å². The fourth-order valence-electron chi connectivity index (χ4n) is 5.04. The Hall–Kier alpha value is -3.44. The molecule has 0 saturated carbocycles. The number of unbranched alkanes of at least 4 members (excludes halogenated alkanes) is 1. The first-order chi connectivity index (χ1) is 17.6. The van der Waals surface area contributed by atoms with Gasteiger partial charge in [-0.25, -0.2) is 4.79 Å². The molecule has 0 spiro atoms. The highest BCUT2D eigenvalue weighted by atomic mass is 16.5. The zero-order valence-corrected chi connectivity index (χ0v) is 21.3. The van der Waals surface area contributed by atoms with Crippen LogP contribution in [-0.2, 0) is 11.3 Å². The van der Waals surface area contributed by atoms with Crippen molar-refractivity contribution in [3.8, 4) is 0 Å². The van der Waals surface area contributed by atoms with E-state index in [0.717, 1.165) is 30.4 Å². The zero-order valence-electron chi connectivity index (χ0n) is 21.3. The fraction of sp³-hybridized carbons (Fsp3) is 0.355. The van der Waals surface area contributed by atoms with Crippen molar-refractivity contribution < 1.29 is 14.3 Å². The number of ketones is 1. The van der Waals surface area contributed by atoms with Gasteiger partial charge in [0, 0.05) is 31.7 Å². The minimum atomic E-state index is -0.183. The summed E-state index contributed by atoms with van der Waals surface area (Å²) < 4.78 is 5.87. The molecule has 0 aliphatic carbocycles. The average molecular weight is 485 g/mol. The van der Waals surface area contributed by atoms with Crippen LogP contribution in [0.25, 0.3) is 0 Å². The molecular formula is C31H36N2O3. The van der Waals surface area contributed by atoms with E-state index < -0.39 is 0 Å². The van der Waals surface area contributed by atoms with Crippen molar-refractivity contribution in [2.45, 2.75) is 57.3 Å². The number of amides is 2. The van der Waals surface area contributed by atoms with Crippen LogP contribution in [0.4, 0.5) is 4.79 Å². The molecule has 0 N–H and O–H groups in total. The monoisotopic (exact) mass is 484 g/mol. The number of ether oxygens (including phenoxy) is 1. The number of nitrogens with zero attached hydrogens (tertiary/aromatic N) is 2. The van der Waals surface area contributed by atoms with Crippen LogP contribution in [-0.4, -0.2) is 47.4 Å². The lowest BCUT2D eigenvalue weighted by Crippen LogP contribution is -2.41. The summed E-state index contributed by atoms with van der Waals surface area (Å²) in [6, 6.07) is 29.4. The Balaban J connectivity index is 1.46. The highest BCUT2D eigenvalue weighted by molar-refractivity contribution is 5.96. The lowest BCUT2D eigenvalue weighted by atomic mass is 9.94. The smallest absolute Gasteiger partial charge is 0.320 e. The molecular weight excluding hydrogens is 448 g/mol. The van der Waals surface area contributed by atoms with E-state index in [9.17, 15) is 9.59 Å². The Morgan fingerprint density at radius 1 is 0.889 bits per heavy atom. The SMILES string of the molecule is C[C@H]1[C@@H](c2ccccc2)N([C@@H](CCCCOCc2ccccc2)CC(=O)c2ccccc2)C(=O)N1C. The lowest BCUT2D eigenvalue weighted by Gasteiger charge is -2.33. The highest BCUT2D eigenvalue weighted by Gasteiger charge is 2.45. The van der Waals surface area contributed by atoms with E-state index >= 15 is 0 Å². The number of carbonyl (C=O) groups is 2. The maximum absolute atomic E-state index is 13.5. The maximum atomic E-state index is 13.5. The Labute approximate surface area is 214 Å². The van der Waals surface area contributed by atoms with Crippen LogP contribution in [0.5, 0.6) is 0 Å². The van der Waals surface area contributed by atoms with Gasteiger partial charge >= 0.3 is 6.03 Å². The van der Waals surface area contributed by atoms with Gasteiger partial charge in [-0.1, -0.05) is 91.0 Å². The Bertz CT molecular complexity index is 1100. The third-order valence-corrected chi connectivity index (χ3v) is 7.13. The van der Waals surface area contributed by atoms with Gasteiger partial charge < -0.3 is 14.5 Å². The third kappa shape index (κ3) is 6.21. The van der Waals surface area contributed by atoms with Crippen LogP contribution >= 0.6 is 0 Å². The molecule has 36 heavy (non-hydrogen) atoms. The van der Waals surface area contributed by atoms with Crippen LogP contribution in [0.2, 0.25) is 0 Å². The molecule has 0 aromatic heterocycles. The molecule has 2 amide bonds. The molecule has 3 aromatic carbocycles. The standard InChI is InChI=1S/C31H36N2O3/c1-24-30(27-18-10-5-11-19-27)33(31(35)32(24)2)28(22-29(34)26-16-8-4-9-17-26)20-12-13-21-36-23-25-14-6-3-7-15-25/h3-11,14-19,24,28,30H,12-13,20-23H2,1-2H3/t24-,28-,30-/m0/s1. The summed E-state index contributed by atoms with van der Waals surface area (Å²) in [5, 5.41) is 0. The number of benzene rings is 3. The second kappa shape index (κ2) is 12.5. The molecule has 1 heterocycles. The van der Waals surface area contributed by atoms with E-state index in [-0.39, 0.29) is 29.9 Å². The maximum Gasteiger partial charge on any atom is 0.320 e. The molecule has 0 radical (unpaired) electrons. The van der Waals surface area contributed by atoms with E-state index in [4.69, 9.17) is 4.74 Å². The van der Waals surface area contributed by atoms with Gasteiger partial charge in [0.2, 0.25) is 0 Å². The minimum Gasteiger partial charge on any atom is -0.377 e. The Morgan fingerprint density at radius 3 is 2.17 bits per heavy atom. The predicted molar refractivity (Wildman–Crippen MR) is 143 cm³/mol. The van der Waals surface area contributed by atoms with E-state index in [1.54, 1.807) is 4.90 Å². The molecule has 5 nitrogen and oxygen atoms in total. The highest BCUT2D eigenvalue weighted by Crippen LogP contribution is 2.38. The molecule has 1 fully saturated rings. The third-order valence-electron chi connectivity index (χ3n) is 7.13. The first-order valence-electron chi connectivity index (χ1n) is 12.9. The average Bonchev–Trinajstić information content (AvgIpc) is 3.15. The molecule has 188 valence electrons. The molecule has 4 rings (SSSR count). The van der Waals surface area contributed by atoms with Crippen molar-refractivity contribution in [2.24, 2.45) is 0 Å². The van der Waals surface area contributed by atoms with Gasteiger partial charge in [0.1, 0.15) is 0 Å². The normalized spacial score (nSPS) is 18.4. The second-order valence-electron chi connectivity index (χ2n) is 9.58. The minimum absolute atomic E-state index is 0.0115. The van der Waals surface area contributed by atoms with Crippen molar-refractivity contribution >= 4 is 11.8 Å². The number of hydrogen-bond donors (Lipinski definition) is 0. The number of urea groups is 1. The molecule has 3 aromatic rings. The van der Waals surface area contributed by atoms with Gasteiger partial charge in [0.05, 0.1) is 18.7 Å². The molecule has 3 atom stereocenters. The van der Waals surface area contributed by atoms with Crippen molar-refractivity contribution in [3.05, 3.63) is 108 Å². The molecule has 1 aliphatic rings. The van der Waals surface area contributed by atoms with Gasteiger partial charge in [0.15, 0.2) is 5.78 Å². The fourth-order valence-corrected chi connectivity index (χ4v) is 5.04. The number of Topliss-reactive ketones (excluding diaryl/α,β-unsaturated/α-hetero) is 1. The van der Waals surface area contributed by atoms with Gasteiger partial charge in [-0.05, 0) is 37.3 Å². The van der Waals surface area contributed by atoms with Gasteiger partial charge in [-0.2, -0.15) is 0 Å². The number of carbonyl (C=O) groups excluding carboxylic acids is 2. The summed E-state index contributed by atoms with van der Waals surface area (Å²) in [7, 11) is 1.86. The molecule has 5 heteroatoms. The summed E-state index contributed by atoms with van der Waals surface area (Å²) in [5.41, 5.74) is 2.96. The van der Waals surface area contributed by atoms with Gasteiger partial charge in [-0.15, -0.1) is 0 Å². The largest absolute Gasteiger partial charge is 0.377 e. The van der Waals surface area contributed by atoms with Crippen LogP contribution in [0.15, 0.2) is 91.0 Å². The molecule has 0 unspecified atom stereocenters. The molecule has 0 bridgehead atoms. The first-order valence-corrected chi connectivity index (χ1v) is 12.9. The first kappa shape index (κ1) is 25.6. The lowest BCUT2D eigenvalue weighted by molar-refractivity contribution is 0.0906. The summed E-state index contributed by atoms with van der Waals surface area (Å²) in [5.74, 6) is 0.0720. The quantitative estimate of drug-likeness (QED) is 0.217. The number of hydrogen-bond acceptors (Lipinski definition) is 3. The van der Waals surface area contributed by atoms with Crippen LogP contribution < -0.4 is 0 Å². The van der Waals surface area contributed by atoms with E-state index in [1.165, 1.54) is 0 Å². The second-order valence-corrected chi connectivity index (χ2v) is 9.58. The summed E-state index contributed by atoms with van der Waals surface area (Å²) >= 11 is 0.